The number of thioether (sulfide) groups is 1. The van der Waals surface area contributed by atoms with Gasteiger partial charge in [0, 0.05) is 10.9 Å². The first-order valence-corrected chi connectivity index (χ1v) is 8.51. The van der Waals surface area contributed by atoms with Gasteiger partial charge in [0.2, 0.25) is 11.1 Å². The summed E-state index contributed by atoms with van der Waals surface area (Å²) < 4.78 is 0. The number of amides is 1. The first-order chi connectivity index (χ1) is 12.2. The Morgan fingerprint density at radius 1 is 1.12 bits per heavy atom. The highest BCUT2D eigenvalue weighted by atomic mass is 32.2. The molecule has 0 fully saturated rings. The molecule has 124 valence electrons. The first kappa shape index (κ1) is 15.4. The van der Waals surface area contributed by atoms with E-state index in [0.717, 1.165) is 10.9 Å². The number of hydrogen-bond donors (Lipinski definition) is 3. The molecule has 3 N–H and O–H groups in total. The van der Waals surface area contributed by atoms with Gasteiger partial charge >= 0.3 is 0 Å². The lowest BCUT2D eigenvalue weighted by Gasteiger charge is -2.06. The molecule has 0 aliphatic heterocycles. The molecule has 1 amide bonds. The Hall–Kier alpha value is -3.13. The molecular formula is C17H13N5O2S. The van der Waals surface area contributed by atoms with E-state index in [1.165, 1.54) is 17.8 Å². The molecule has 0 atom stereocenters. The molecule has 2 aromatic heterocycles. The zero-order chi connectivity index (χ0) is 17.2. The van der Waals surface area contributed by atoms with Crippen LogP contribution in [0.25, 0.3) is 22.1 Å². The number of phenols is 1. The topological polar surface area (TPSA) is 104 Å². The van der Waals surface area contributed by atoms with Crippen molar-refractivity contribution in [1.82, 2.24) is 20.2 Å². The summed E-state index contributed by atoms with van der Waals surface area (Å²) in [6.07, 6.45) is 0. The number of anilines is 1. The fourth-order valence-electron chi connectivity index (χ4n) is 2.46. The van der Waals surface area contributed by atoms with Crippen molar-refractivity contribution in [1.29, 1.82) is 0 Å². The van der Waals surface area contributed by atoms with Crippen LogP contribution in [0.3, 0.4) is 0 Å². The van der Waals surface area contributed by atoms with E-state index >= 15 is 0 Å². The van der Waals surface area contributed by atoms with E-state index in [4.69, 9.17) is 0 Å². The highest BCUT2D eigenvalue weighted by molar-refractivity contribution is 7.99. The van der Waals surface area contributed by atoms with E-state index in [-0.39, 0.29) is 17.4 Å². The SMILES string of the molecule is O=C(CSc1nnc2c(n1)[nH]c1ccccc12)Nc1ccccc1O. The maximum Gasteiger partial charge on any atom is 0.234 e. The molecule has 0 aliphatic rings. The maximum atomic E-state index is 12.0. The van der Waals surface area contributed by atoms with Gasteiger partial charge in [0.15, 0.2) is 5.65 Å². The molecule has 0 saturated heterocycles. The molecule has 4 aromatic rings. The third kappa shape index (κ3) is 3.11. The Kier molecular flexibility index (Phi) is 3.95. The summed E-state index contributed by atoms with van der Waals surface area (Å²) in [7, 11) is 0. The van der Waals surface area contributed by atoms with Gasteiger partial charge in [-0.15, -0.1) is 10.2 Å². The van der Waals surface area contributed by atoms with E-state index in [1.54, 1.807) is 18.2 Å². The van der Waals surface area contributed by atoms with Gasteiger partial charge in [-0.2, -0.15) is 0 Å². The summed E-state index contributed by atoms with van der Waals surface area (Å²) in [5, 5.41) is 22.0. The Morgan fingerprint density at radius 2 is 1.92 bits per heavy atom. The van der Waals surface area contributed by atoms with E-state index in [9.17, 15) is 9.90 Å². The Labute approximate surface area is 146 Å². The number of hydrogen-bond acceptors (Lipinski definition) is 6. The Bertz CT molecular complexity index is 1080. The quantitative estimate of drug-likeness (QED) is 0.386. The van der Waals surface area contributed by atoms with Gasteiger partial charge in [-0.05, 0) is 18.2 Å². The summed E-state index contributed by atoms with van der Waals surface area (Å²) >= 11 is 1.18. The number of para-hydroxylation sites is 3. The number of aromatic hydroxyl groups is 1. The van der Waals surface area contributed by atoms with E-state index in [1.807, 2.05) is 24.3 Å². The molecule has 0 saturated carbocycles. The summed E-state index contributed by atoms with van der Waals surface area (Å²) in [6, 6.07) is 14.3. The molecule has 8 heteroatoms. The molecule has 0 spiro atoms. The summed E-state index contributed by atoms with van der Waals surface area (Å²) in [4.78, 5) is 19.6. The number of nitrogens with one attached hydrogen (secondary N) is 2. The fourth-order valence-corrected chi connectivity index (χ4v) is 3.05. The van der Waals surface area contributed by atoms with Crippen LogP contribution >= 0.6 is 11.8 Å². The Balaban J connectivity index is 1.48. The van der Waals surface area contributed by atoms with E-state index < -0.39 is 0 Å². The standard InChI is InChI=1S/C17H13N5O2S/c23-13-8-4-3-7-12(13)18-14(24)9-25-17-20-16-15(21-22-17)10-5-1-2-6-11(10)19-16/h1-8,23H,9H2,(H,18,24)(H,19,20,22). The molecule has 2 heterocycles. The number of phenolic OH excluding ortho intramolecular Hbond substituents is 1. The van der Waals surface area contributed by atoms with Crippen molar-refractivity contribution in [3.8, 4) is 5.75 Å². The van der Waals surface area contributed by atoms with Crippen LogP contribution in [0.1, 0.15) is 0 Å². The van der Waals surface area contributed by atoms with Crippen molar-refractivity contribution >= 4 is 45.4 Å². The van der Waals surface area contributed by atoms with Crippen molar-refractivity contribution in [3.63, 3.8) is 0 Å². The van der Waals surface area contributed by atoms with Crippen molar-refractivity contribution in [2.24, 2.45) is 0 Å². The molecule has 2 aromatic carbocycles. The van der Waals surface area contributed by atoms with Gasteiger partial charge < -0.3 is 15.4 Å². The van der Waals surface area contributed by atoms with Gasteiger partial charge in [-0.3, -0.25) is 4.79 Å². The molecule has 0 bridgehead atoms. The van der Waals surface area contributed by atoms with Crippen LogP contribution < -0.4 is 5.32 Å². The molecule has 25 heavy (non-hydrogen) atoms. The number of fused-ring (bicyclic) bond motifs is 3. The number of rotatable bonds is 4. The van der Waals surface area contributed by atoms with Crippen LogP contribution in [0.4, 0.5) is 5.69 Å². The van der Waals surface area contributed by atoms with Crippen LogP contribution in [-0.4, -0.2) is 36.9 Å². The number of aromatic amines is 1. The van der Waals surface area contributed by atoms with Gasteiger partial charge in [-0.25, -0.2) is 4.98 Å². The third-order valence-electron chi connectivity index (χ3n) is 3.61. The van der Waals surface area contributed by atoms with Crippen molar-refractivity contribution in [2.75, 3.05) is 11.1 Å². The van der Waals surface area contributed by atoms with E-state index in [2.05, 4.69) is 25.5 Å². The second-order valence-electron chi connectivity index (χ2n) is 5.32. The zero-order valence-corrected chi connectivity index (χ0v) is 13.7. The lowest BCUT2D eigenvalue weighted by Crippen LogP contribution is -2.14. The summed E-state index contributed by atoms with van der Waals surface area (Å²) in [5.41, 5.74) is 2.66. The lowest BCUT2D eigenvalue weighted by atomic mass is 10.2. The van der Waals surface area contributed by atoms with Gasteiger partial charge in [0.05, 0.1) is 11.4 Å². The van der Waals surface area contributed by atoms with Crippen LogP contribution in [-0.2, 0) is 4.79 Å². The average molecular weight is 351 g/mol. The summed E-state index contributed by atoms with van der Waals surface area (Å²) in [6.45, 7) is 0. The fraction of sp³-hybridized carbons (Fsp3) is 0.0588. The molecule has 0 radical (unpaired) electrons. The molecule has 7 nitrogen and oxygen atoms in total. The maximum absolute atomic E-state index is 12.0. The molecule has 4 rings (SSSR count). The zero-order valence-electron chi connectivity index (χ0n) is 12.9. The smallest absolute Gasteiger partial charge is 0.234 e. The lowest BCUT2D eigenvalue weighted by molar-refractivity contribution is -0.113. The minimum absolute atomic E-state index is 0.0262. The van der Waals surface area contributed by atoms with Crippen LogP contribution in [0.5, 0.6) is 5.75 Å². The number of carbonyl (C=O) groups is 1. The summed E-state index contributed by atoms with van der Waals surface area (Å²) in [5.74, 6) is -0.119. The predicted octanol–water partition coefficient (Wildman–Crippen LogP) is 2.94. The van der Waals surface area contributed by atoms with Crippen LogP contribution in [0, 0.1) is 0 Å². The number of aromatic nitrogens is 4. The van der Waals surface area contributed by atoms with Crippen LogP contribution in [0.15, 0.2) is 53.7 Å². The van der Waals surface area contributed by atoms with Crippen LogP contribution in [0.2, 0.25) is 0 Å². The van der Waals surface area contributed by atoms with Crippen molar-refractivity contribution in [2.45, 2.75) is 5.16 Å². The number of H-pyrrole nitrogens is 1. The Morgan fingerprint density at radius 3 is 2.80 bits per heavy atom. The van der Waals surface area contributed by atoms with Crippen molar-refractivity contribution < 1.29 is 9.90 Å². The van der Waals surface area contributed by atoms with Gasteiger partial charge in [0.25, 0.3) is 0 Å². The van der Waals surface area contributed by atoms with E-state index in [0.29, 0.717) is 22.0 Å². The second-order valence-corrected chi connectivity index (χ2v) is 6.26. The largest absolute Gasteiger partial charge is 0.506 e. The number of nitrogens with zero attached hydrogens (tertiary/aromatic N) is 3. The molecular weight excluding hydrogens is 338 g/mol. The number of carbonyl (C=O) groups excluding carboxylic acids is 1. The van der Waals surface area contributed by atoms with Gasteiger partial charge in [-0.1, -0.05) is 42.1 Å². The second kappa shape index (κ2) is 6.40. The third-order valence-corrected chi connectivity index (χ3v) is 4.45. The average Bonchev–Trinajstić information content (AvgIpc) is 3.00. The first-order valence-electron chi connectivity index (χ1n) is 7.52. The molecule has 0 unspecified atom stereocenters. The normalized spacial score (nSPS) is 11.0. The minimum atomic E-state index is -0.258. The highest BCUT2D eigenvalue weighted by Gasteiger charge is 2.11. The highest BCUT2D eigenvalue weighted by Crippen LogP contribution is 2.24. The number of benzene rings is 2. The predicted molar refractivity (Wildman–Crippen MR) is 96.7 cm³/mol. The molecule has 0 aliphatic carbocycles. The van der Waals surface area contributed by atoms with Crippen molar-refractivity contribution in [3.05, 3.63) is 48.5 Å². The monoisotopic (exact) mass is 351 g/mol. The van der Waals surface area contributed by atoms with Gasteiger partial charge in [0.1, 0.15) is 11.3 Å². The minimum Gasteiger partial charge on any atom is -0.506 e.